The van der Waals surface area contributed by atoms with Gasteiger partial charge in [0.2, 0.25) is 5.91 Å². The van der Waals surface area contributed by atoms with Crippen LogP contribution in [0.15, 0.2) is 24.3 Å². The smallest absolute Gasteiger partial charge is 0.227 e. The van der Waals surface area contributed by atoms with Crippen LogP contribution in [0.3, 0.4) is 0 Å². The first-order valence-electron chi connectivity index (χ1n) is 6.19. The molecule has 1 saturated carbocycles. The minimum absolute atomic E-state index is 0.143. The fourth-order valence-electron chi connectivity index (χ4n) is 2.19. The maximum Gasteiger partial charge on any atom is 0.227 e. The van der Waals surface area contributed by atoms with Crippen LogP contribution in [0.25, 0.3) is 0 Å². The molecule has 1 amide bonds. The van der Waals surface area contributed by atoms with E-state index < -0.39 is 0 Å². The predicted molar refractivity (Wildman–Crippen MR) is 73.5 cm³/mol. The van der Waals surface area contributed by atoms with E-state index in [0.29, 0.717) is 6.54 Å². The van der Waals surface area contributed by atoms with E-state index in [1.807, 2.05) is 38.4 Å². The molecule has 1 aliphatic rings. The highest BCUT2D eigenvalue weighted by atomic mass is 35.5. The maximum atomic E-state index is 12.1. The number of nitrogens with zero attached hydrogens (tertiary/aromatic N) is 1. The summed E-state index contributed by atoms with van der Waals surface area (Å²) in [5.74, 6) is 0.172. The van der Waals surface area contributed by atoms with Crippen LogP contribution in [0, 0.1) is 5.41 Å². The van der Waals surface area contributed by atoms with E-state index >= 15 is 0 Å². The third kappa shape index (κ3) is 3.24. The first-order chi connectivity index (χ1) is 8.52. The van der Waals surface area contributed by atoms with Crippen molar-refractivity contribution in [1.29, 1.82) is 0 Å². The zero-order valence-corrected chi connectivity index (χ0v) is 11.6. The van der Waals surface area contributed by atoms with Crippen molar-refractivity contribution in [1.82, 2.24) is 10.2 Å². The van der Waals surface area contributed by atoms with Crippen LogP contribution < -0.4 is 5.32 Å². The summed E-state index contributed by atoms with van der Waals surface area (Å²) in [7, 11) is 4.01. The van der Waals surface area contributed by atoms with Crippen molar-refractivity contribution in [3.8, 4) is 0 Å². The summed E-state index contributed by atoms with van der Waals surface area (Å²) in [6, 6.07) is 7.56. The highest BCUT2D eigenvalue weighted by Gasteiger charge is 2.49. The zero-order valence-electron chi connectivity index (χ0n) is 10.9. The predicted octanol–water partition coefficient (Wildman–Crippen LogP) is 2.30. The van der Waals surface area contributed by atoms with Crippen LogP contribution >= 0.6 is 11.6 Å². The van der Waals surface area contributed by atoms with Crippen LogP contribution in [0.5, 0.6) is 0 Å². The standard InChI is InChI=1S/C14H19ClN2O/c1-17(2)10-14(7-8-14)13(18)16-9-11-3-5-12(15)6-4-11/h3-6H,7-10H2,1-2H3,(H,16,18). The van der Waals surface area contributed by atoms with E-state index in [2.05, 4.69) is 10.2 Å². The quantitative estimate of drug-likeness (QED) is 0.887. The number of amides is 1. The number of benzene rings is 1. The largest absolute Gasteiger partial charge is 0.352 e. The number of nitrogens with one attached hydrogen (secondary N) is 1. The van der Waals surface area contributed by atoms with Crippen molar-refractivity contribution in [3.63, 3.8) is 0 Å². The number of hydrogen-bond acceptors (Lipinski definition) is 2. The van der Waals surface area contributed by atoms with Gasteiger partial charge in [-0.3, -0.25) is 4.79 Å². The molecule has 1 aromatic carbocycles. The van der Waals surface area contributed by atoms with E-state index in [9.17, 15) is 4.79 Å². The topological polar surface area (TPSA) is 32.3 Å². The van der Waals surface area contributed by atoms with Crippen LogP contribution in [-0.2, 0) is 11.3 Å². The van der Waals surface area contributed by atoms with Gasteiger partial charge in [0.15, 0.2) is 0 Å². The van der Waals surface area contributed by atoms with Crippen molar-refractivity contribution in [2.75, 3.05) is 20.6 Å². The molecule has 0 heterocycles. The fraction of sp³-hybridized carbons (Fsp3) is 0.500. The zero-order chi connectivity index (χ0) is 13.2. The van der Waals surface area contributed by atoms with Gasteiger partial charge < -0.3 is 10.2 Å². The summed E-state index contributed by atoms with van der Waals surface area (Å²) in [6.07, 6.45) is 2.00. The van der Waals surface area contributed by atoms with E-state index in [1.165, 1.54) is 0 Å². The van der Waals surface area contributed by atoms with Crippen LogP contribution in [0.2, 0.25) is 5.02 Å². The number of halogens is 1. The molecule has 4 heteroatoms. The Hall–Kier alpha value is -1.06. The van der Waals surface area contributed by atoms with E-state index in [-0.39, 0.29) is 11.3 Å². The van der Waals surface area contributed by atoms with Crippen molar-refractivity contribution < 1.29 is 4.79 Å². The molecule has 1 N–H and O–H groups in total. The number of hydrogen-bond donors (Lipinski definition) is 1. The Kier molecular flexibility index (Phi) is 3.93. The second-order valence-electron chi connectivity index (χ2n) is 5.33. The number of carbonyl (C=O) groups excluding carboxylic acids is 1. The molecule has 3 nitrogen and oxygen atoms in total. The van der Waals surface area contributed by atoms with Crippen LogP contribution in [0.4, 0.5) is 0 Å². The Morgan fingerprint density at radius 2 is 1.94 bits per heavy atom. The molecule has 0 aromatic heterocycles. The van der Waals surface area contributed by atoms with Gasteiger partial charge in [-0.15, -0.1) is 0 Å². The third-order valence-corrected chi connectivity index (χ3v) is 3.57. The molecular weight excluding hydrogens is 248 g/mol. The first kappa shape index (κ1) is 13.4. The molecular formula is C14H19ClN2O. The summed E-state index contributed by atoms with van der Waals surface area (Å²) in [5.41, 5.74) is 0.934. The number of carbonyl (C=O) groups is 1. The van der Waals surface area contributed by atoms with E-state index in [4.69, 9.17) is 11.6 Å². The van der Waals surface area contributed by atoms with Gasteiger partial charge in [0, 0.05) is 18.1 Å². The summed E-state index contributed by atoms with van der Waals surface area (Å²) < 4.78 is 0. The SMILES string of the molecule is CN(C)CC1(C(=O)NCc2ccc(Cl)cc2)CC1. The van der Waals surface area contributed by atoms with Gasteiger partial charge in [-0.05, 0) is 44.6 Å². The number of rotatable bonds is 5. The van der Waals surface area contributed by atoms with Gasteiger partial charge in [-0.25, -0.2) is 0 Å². The second-order valence-corrected chi connectivity index (χ2v) is 5.76. The van der Waals surface area contributed by atoms with Gasteiger partial charge in [0.1, 0.15) is 0 Å². The molecule has 0 bridgehead atoms. The second kappa shape index (κ2) is 5.29. The molecule has 0 atom stereocenters. The lowest BCUT2D eigenvalue weighted by atomic mass is 10.1. The Labute approximate surface area is 113 Å². The average molecular weight is 267 g/mol. The Bertz CT molecular complexity index is 424. The Balaban J connectivity index is 1.87. The van der Waals surface area contributed by atoms with Gasteiger partial charge >= 0.3 is 0 Å². The lowest BCUT2D eigenvalue weighted by molar-refractivity contribution is -0.127. The molecule has 1 aromatic rings. The molecule has 0 saturated heterocycles. The Morgan fingerprint density at radius 3 is 2.44 bits per heavy atom. The maximum absolute atomic E-state index is 12.1. The van der Waals surface area contributed by atoms with Crippen molar-refractivity contribution in [2.24, 2.45) is 5.41 Å². The highest BCUT2D eigenvalue weighted by molar-refractivity contribution is 6.30. The van der Waals surface area contributed by atoms with Crippen LogP contribution in [0.1, 0.15) is 18.4 Å². The van der Waals surface area contributed by atoms with Gasteiger partial charge in [-0.2, -0.15) is 0 Å². The molecule has 1 fully saturated rings. The first-order valence-corrected chi connectivity index (χ1v) is 6.57. The molecule has 1 aliphatic carbocycles. The van der Waals surface area contributed by atoms with Crippen molar-refractivity contribution in [3.05, 3.63) is 34.9 Å². The molecule has 2 rings (SSSR count). The lowest BCUT2D eigenvalue weighted by Crippen LogP contribution is -2.37. The van der Waals surface area contributed by atoms with E-state index in [1.54, 1.807) is 0 Å². The summed E-state index contributed by atoms with van der Waals surface area (Å²) in [4.78, 5) is 14.2. The normalized spacial score (nSPS) is 16.7. The van der Waals surface area contributed by atoms with Gasteiger partial charge in [-0.1, -0.05) is 23.7 Å². The molecule has 0 radical (unpaired) electrons. The summed E-state index contributed by atoms with van der Waals surface area (Å²) in [5, 5.41) is 3.74. The minimum atomic E-state index is -0.143. The van der Waals surface area contributed by atoms with Crippen LogP contribution in [-0.4, -0.2) is 31.4 Å². The summed E-state index contributed by atoms with van der Waals surface area (Å²) >= 11 is 5.82. The van der Waals surface area contributed by atoms with Gasteiger partial charge in [0.25, 0.3) is 0 Å². The van der Waals surface area contributed by atoms with Crippen molar-refractivity contribution in [2.45, 2.75) is 19.4 Å². The fourth-order valence-corrected chi connectivity index (χ4v) is 2.31. The van der Waals surface area contributed by atoms with E-state index in [0.717, 1.165) is 30.0 Å². The molecule has 0 spiro atoms. The third-order valence-electron chi connectivity index (χ3n) is 3.32. The monoisotopic (exact) mass is 266 g/mol. The minimum Gasteiger partial charge on any atom is -0.352 e. The molecule has 0 unspecified atom stereocenters. The molecule has 18 heavy (non-hydrogen) atoms. The highest BCUT2D eigenvalue weighted by Crippen LogP contribution is 2.46. The lowest BCUT2D eigenvalue weighted by Gasteiger charge is -2.19. The van der Waals surface area contributed by atoms with Crippen molar-refractivity contribution >= 4 is 17.5 Å². The Morgan fingerprint density at radius 1 is 1.33 bits per heavy atom. The van der Waals surface area contributed by atoms with Gasteiger partial charge in [0.05, 0.1) is 5.41 Å². The summed E-state index contributed by atoms with van der Waals surface area (Å²) in [6.45, 7) is 1.41. The molecule has 98 valence electrons. The molecule has 0 aliphatic heterocycles. The average Bonchev–Trinajstić information content (AvgIpc) is 3.08.